The summed E-state index contributed by atoms with van der Waals surface area (Å²) in [6, 6.07) is 89.6. The minimum Gasteiger partial charge on any atom is -0.310 e. The Balaban J connectivity index is 1.09. The number of rotatable bonds is 6. The first-order valence-corrected chi connectivity index (χ1v) is 21.8. The third-order valence-electron chi connectivity index (χ3n) is 13.6. The van der Waals surface area contributed by atoms with E-state index in [1.165, 1.54) is 94.3 Å². The van der Waals surface area contributed by atoms with Gasteiger partial charge in [0.1, 0.15) is 0 Å². The Bertz CT molecular complexity index is 3500. The van der Waals surface area contributed by atoms with E-state index in [1.807, 2.05) is 0 Å². The summed E-state index contributed by atoms with van der Waals surface area (Å²) in [5, 5.41) is 2.48. The van der Waals surface area contributed by atoms with Crippen molar-refractivity contribution in [3.05, 3.63) is 265 Å². The lowest BCUT2D eigenvalue weighted by Crippen LogP contribution is -2.33. The van der Waals surface area contributed by atoms with Gasteiger partial charge in [0.2, 0.25) is 0 Å². The van der Waals surface area contributed by atoms with Crippen molar-refractivity contribution >= 4 is 38.9 Å². The molecule has 0 fully saturated rings. The first-order chi connectivity index (χ1) is 31.3. The zero-order valence-electron chi connectivity index (χ0n) is 34.5. The van der Waals surface area contributed by atoms with Gasteiger partial charge in [0.15, 0.2) is 0 Å². The van der Waals surface area contributed by atoms with Crippen molar-refractivity contribution in [3.8, 4) is 50.2 Å². The van der Waals surface area contributed by atoms with E-state index in [9.17, 15) is 0 Å². The largest absolute Gasteiger partial charge is 0.310 e. The number of hydrogen-bond donors (Lipinski definition) is 0. The molecule has 2 heteroatoms. The number of nitrogens with zero attached hydrogens (tertiary/aromatic N) is 2. The van der Waals surface area contributed by atoms with Crippen LogP contribution < -0.4 is 4.90 Å². The van der Waals surface area contributed by atoms with Crippen LogP contribution in [0.3, 0.4) is 0 Å². The van der Waals surface area contributed by atoms with Crippen LogP contribution in [-0.4, -0.2) is 4.57 Å². The van der Waals surface area contributed by atoms with E-state index >= 15 is 0 Å². The molecular weight excluding hydrogens is 761 g/mol. The van der Waals surface area contributed by atoms with Crippen molar-refractivity contribution in [2.24, 2.45) is 0 Å². The van der Waals surface area contributed by atoms with Crippen molar-refractivity contribution in [1.82, 2.24) is 4.57 Å². The van der Waals surface area contributed by atoms with Gasteiger partial charge in [-0.3, -0.25) is 0 Å². The maximum absolute atomic E-state index is 2.54. The van der Waals surface area contributed by atoms with Gasteiger partial charge in [-0.15, -0.1) is 0 Å². The number of para-hydroxylation sites is 3. The van der Waals surface area contributed by atoms with Gasteiger partial charge < -0.3 is 9.47 Å². The molecule has 1 aromatic heterocycles. The summed E-state index contributed by atoms with van der Waals surface area (Å²) < 4.78 is 2.54. The molecule has 2 heterocycles. The van der Waals surface area contributed by atoms with Gasteiger partial charge in [0, 0.05) is 27.7 Å². The molecule has 1 aliphatic carbocycles. The molecule has 1 aliphatic heterocycles. The SMILES string of the molecule is c1ccc(-c2ccc(-c3ccc(N(c4cc5c6c(c4)c4ccccc4n6-c4ccccc4C54c5ccccc5-c5ccccc54)c4ccccc4-c4ccccc4)cc3)cc2)cc1. The average molecular weight is 801 g/mol. The smallest absolute Gasteiger partial charge is 0.0755 e. The summed E-state index contributed by atoms with van der Waals surface area (Å²) in [5.41, 5.74) is 21.5. The lowest BCUT2D eigenvalue weighted by atomic mass is 9.65. The lowest BCUT2D eigenvalue weighted by Gasteiger charge is -2.40. The molecule has 63 heavy (non-hydrogen) atoms. The van der Waals surface area contributed by atoms with Crippen LogP contribution in [0.25, 0.3) is 72.0 Å². The first kappa shape index (κ1) is 35.5. The Morgan fingerprint density at radius 1 is 0.317 bits per heavy atom. The van der Waals surface area contributed by atoms with Crippen LogP contribution in [0.1, 0.15) is 22.3 Å². The topological polar surface area (TPSA) is 8.17 Å². The predicted molar refractivity (Wildman–Crippen MR) is 263 cm³/mol. The summed E-state index contributed by atoms with van der Waals surface area (Å²) in [5.74, 6) is 0. The Labute approximate surface area is 367 Å². The van der Waals surface area contributed by atoms with Crippen molar-refractivity contribution in [2.45, 2.75) is 5.41 Å². The molecule has 0 atom stereocenters. The monoisotopic (exact) mass is 800 g/mol. The second-order valence-corrected chi connectivity index (χ2v) is 16.8. The fraction of sp³-hybridized carbons (Fsp3) is 0.0164. The van der Waals surface area contributed by atoms with Crippen molar-refractivity contribution < 1.29 is 0 Å². The van der Waals surface area contributed by atoms with Gasteiger partial charge in [-0.25, -0.2) is 0 Å². The van der Waals surface area contributed by atoms with Crippen molar-refractivity contribution in [2.75, 3.05) is 4.90 Å². The van der Waals surface area contributed by atoms with E-state index < -0.39 is 5.41 Å². The number of benzene rings is 10. The van der Waals surface area contributed by atoms with E-state index in [2.05, 4.69) is 252 Å². The van der Waals surface area contributed by atoms with Gasteiger partial charge in [-0.1, -0.05) is 200 Å². The third kappa shape index (κ3) is 5.19. The lowest BCUT2D eigenvalue weighted by molar-refractivity contribution is 0.748. The molecule has 0 bridgehead atoms. The minimum atomic E-state index is -0.553. The standard InChI is InChI=1S/C61H40N2/c1-3-17-41(18-4-1)42-31-33-43(34-32-42)44-35-37-46(38-36-44)62(57-28-14-9-21-48(57)45-19-5-2-6-20-45)47-39-52-51-24-10-15-29-58(51)63-59-30-16-13-27-55(59)61(56(40-47)60(52)63)53-25-11-7-22-49(53)50-23-8-12-26-54(50)61/h1-40H. The molecule has 10 aromatic carbocycles. The number of anilines is 3. The molecule has 2 nitrogen and oxygen atoms in total. The van der Waals surface area contributed by atoms with Gasteiger partial charge in [-0.2, -0.15) is 0 Å². The van der Waals surface area contributed by atoms with Gasteiger partial charge in [0.05, 0.1) is 27.8 Å². The molecule has 0 N–H and O–H groups in total. The molecule has 2 aliphatic rings. The van der Waals surface area contributed by atoms with Crippen LogP contribution in [0.2, 0.25) is 0 Å². The molecule has 0 unspecified atom stereocenters. The van der Waals surface area contributed by atoms with E-state index in [0.29, 0.717) is 0 Å². The minimum absolute atomic E-state index is 0.553. The third-order valence-corrected chi connectivity index (χ3v) is 13.6. The van der Waals surface area contributed by atoms with Crippen LogP contribution in [0, 0.1) is 0 Å². The summed E-state index contributed by atoms with van der Waals surface area (Å²) >= 11 is 0. The Kier molecular flexibility index (Phi) is 7.85. The van der Waals surface area contributed by atoms with Crippen LogP contribution in [0.4, 0.5) is 17.1 Å². The van der Waals surface area contributed by atoms with Crippen LogP contribution in [0.15, 0.2) is 243 Å². The second kappa shape index (κ2) is 13.9. The molecule has 0 amide bonds. The maximum atomic E-state index is 2.54. The zero-order valence-corrected chi connectivity index (χ0v) is 34.5. The average Bonchev–Trinajstić information content (AvgIpc) is 3.85. The molecule has 0 saturated heterocycles. The number of hydrogen-bond acceptors (Lipinski definition) is 1. The van der Waals surface area contributed by atoms with Crippen LogP contribution in [0.5, 0.6) is 0 Å². The van der Waals surface area contributed by atoms with E-state index in [4.69, 9.17) is 0 Å². The quantitative estimate of drug-likeness (QED) is 0.163. The Hall–Kier alpha value is -8.20. The highest BCUT2D eigenvalue weighted by Gasteiger charge is 2.51. The highest BCUT2D eigenvalue weighted by molar-refractivity contribution is 6.14. The summed E-state index contributed by atoms with van der Waals surface area (Å²) in [4.78, 5) is 2.49. The van der Waals surface area contributed by atoms with Gasteiger partial charge >= 0.3 is 0 Å². The van der Waals surface area contributed by atoms with Crippen LogP contribution in [-0.2, 0) is 5.41 Å². The van der Waals surface area contributed by atoms with Crippen molar-refractivity contribution in [3.63, 3.8) is 0 Å². The molecule has 294 valence electrons. The maximum Gasteiger partial charge on any atom is 0.0755 e. The highest BCUT2D eigenvalue weighted by atomic mass is 15.1. The van der Waals surface area contributed by atoms with Crippen LogP contribution >= 0.6 is 0 Å². The molecule has 0 saturated carbocycles. The summed E-state index contributed by atoms with van der Waals surface area (Å²) in [7, 11) is 0. The normalized spacial score (nSPS) is 12.9. The van der Waals surface area contributed by atoms with Crippen molar-refractivity contribution in [1.29, 1.82) is 0 Å². The fourth-order valence-corrected chi connectivity index (χ4v) is 10.9. The molecule has 1 spiro atoms. The predicted octanol–water partition coefficient (Wildman–Crippen LogP) is 15.9. The first-order valence-electron chi connectivity index (χ1n) is 21.8. The molecular formula is C61H40N2. The van der Waals surface area contributed by atoms with Gasteiger partial charge in [0.25, 0.3) is 0 Å². The van der Waals surface area contributed by atoms with E-state index in [-0.39, 0.29) is 0 Å². The molecule has 0 radical (unpaired) electrons. The highest BCUT2D eigenvalue weighted by Crippen LogP contribution is 2.62. The number of aromatic nitrogens is 1. The Morgan fingerprint density at radius 2 is 0.810 bits per heavy atom. The Morgan fingerprint density at radius 3 is 1.48 bits per heavy atom. The zero-order chi connectivity index (χ0) is 41.5. The summed E-state index contributed by atoms with van der Waals surface area (Å²) in [6.07, 6.45) is 0. The number of fused-ring (bicyclic) bond motifs is 12. The van der Waals surface area contributed by atoms with E-state index in [0.717, 1.165) is 17.1 Å². The van der Waals surface area contributed by atoms with E-state index in [1.54, 1.807) is 0 Å². The molecule has 13 rings (SSSR count). The fourth-order valence-electron chi connectivity index (χ4n) is 10.9. The second-order valence-electron chi connectivity index (χ2n) is 16.8. The van der Waals surface area contributed by atoms with Gasteiger partial charge in [-0.05, 0) is 104 Å². The molecule has 11 aromatic rings. The summed E-state index contributed by atoms with van der Waals surface area (Å²) in [6.45, 7) is 0.